The van der Waals surface area contributed by atoms with Gasteiger partial charge >= 0.3 is 0 Å². The van der Waals surface area contributed by atoms with Crippen molar-refractivity contribution in [2.24, 2.45) is 4.99 Å². The van der Waals surface area contributed by atoms with Crippen LogP contribution in [0, 0.1) is 0 Å². The minimum atomic E-state index is -0.236. The molecule has 2 rings (SSSR count). The number of nitrogens with one attached hydrogen (secondary N) is 3. The molecule has 24 heavy (non-hydrogen) atoms. The first-order valence-electron chi connectivity index (χ1n) is 7.78. The van der Waals surface area contributed by atoms with Crippen molar-refractivity contribution >= 4 is 23.5 Å². The quantitative estimate of drug-likeness (QED) is 0.408. The van der Waals surface area contributed by atoms with Gasteiger partial charge < -0.3 is 20.4 Å². The zero-order valence-corrected chi connectivity index (χ0v) is 14.3. The van der Waals surface area contributed by atoms with Crippen molar-refractivity contribution in [3.8, 4) is 0 Å². The van der Waals surface area contributed by atoms with Gasteiger partial charge in [-0.05, 0) is 30.7 Å². The van der Waals surface area contributed by atoms with Gasteiger partial charge in [0, 0.05) is 24.7 Å². The summed E-state index contributed by atoms with van der Waals surface area (Å²) in [5.41, 5.74) is 0.961. The average molecular weight is 349 g/mol. The lowest BCUT2D eigenvalue weighted by Gasteiger charge is -2.12. The number of aliphatic imine (C=N–C) groups is 1. The van der Waals surface area contributed by atoms with Gasteiger partial charge in [0.1, 0.15) is 0 Å². The number of benzene rings is 1. The Morgan fingerprint density at radius 2 is 1.92 bits per heavy atom. The number of rotatable bonds is 7. The van der Waals surface area contributed by atoms with Crippen LogP contribution in [-0.2, 0) is 6.54 Å². The van der Waals surface area contributed by atoms with Crippen molar-refractivity contribution in [1.29, 1.82) is 0 Å². The van der Waals surface area contributed by atoms with Gasteiger partial charge in [0.25, 0.3) is 5.91 Å². The first kappa shape index (κ1) is 17.9. The van der Waals surface area contributed by atoms with E-state index in [0.29, 0.717) is 36.4 Å². The lowest BCUT2D eigenvalue weighted by atomic mass is 10.2. The van der Waals surface area contributed by atoms with Crippen molar-refractivity contribution in [3.63, 3.8) is 0 Å². The van der Waals surface area contributed by atoms with E-state index in [0.717, 1.165) is 12.1 Å². The number of halogens is 1. The Morgan fingerprint density at radius 3 is 2.62 bits per heavy atom. The first-order chi connectivity index (χ1) is 11.7. The number of hydrogen-bond donors (Lipinski definition) is 3. The van der Waals surface area contributed by atoms with E-state index in [1.807, 2.05) is 31.2 Å². The van der Waals surface area contributed by atoms with Crippen LogP contribution in [0.5, 0.6) is 0 Å². The summed E-state index contributed by atoms with van der Waals surface area (Å²) in [6.45, 7) is 4.21. The SMILES string of the molecule is CCNC(=NCc1ccccc1Cl)NCCNC(=O)c1ccco1. The molecule has 0 fully saturated rings. The molecular weight excluding hydrogens is 328 g/mol. The highest BCUT2D eigenvalue weighted by Crippen LogP contribution is 2.15. The van der Waals surface area contributed by atoms with Crippen molar-refractivity contribution in [2.75, 3.05) is 19.6 Å². The Bertz CT molecular complexity index is 671. The van der Waals surface area contributed by atoms with Gasteiger partial charge in [-0.2, -0.15) is 0 Å². The maximum absolute atomic E-state index is 11.7. The fourth-order valence-electron chi connectivity index (χ4n) is 1.98. The molecule has 0 bridgehead atoms. The largest absolute Gasteiger partial charge is 0.459 e. The maximum atomic E-state index is 11.7. The lowest BCUT2D eigenvalue weighted by molar-refractivity contribution is 0.0926. The topological polar surface area (TPSA) is 78.7 Å². The van der Waals surface area contributed by atoms with E-state index in [9.17, 15) is 4.79 Å². The molecule has 1 aromatic carbocycles. The van der Waals surface area contributed by atoms with E-state index in [1.54, 1.807) is 12.1 Å². The second-order valence-electron chi connectivity index (χ2n) is 4.95. The number of carbonyl (C=O) groups is 1. The monoisotopic (exact) mass is 348 g/mol. The Morgan fingerprint density at radius 1 is 1.12 bits per heavy atom. The molecule has 1 amide bonds. The molecular formula is C17H21ClN4O2. The molecule has 1 aromatic heterocycles. The van der Waals surface area contributed by atoms with Crippen molar-refractivity contribution in [2.45, 2.75) is 13.5 Å². The molecule has 0 aliphatic carbocycles. The molecule has 0 aliphatic heterocycles. The summed E-state index contributed by atoms with van der Waals surface area (Å²) in [6, 6.07) is 10.9. The molecule has 0 unspecified atom stereocenters. The minimum Gasteiger partial charge on any atom is -0.459 e. The van der Waals surface area contributed by atoms with Crippen LogP contribution in [-0.4, -0.2) is 31.5 Å². The zero-order valence-electron chi connectivity index (χ0n) is 13.5. The third-order valence-electron chi connectivity index (χ3n) is 3.16. The van der Waals surface area contributed by atoms with Crippen LogP contribution in [0.1, 0.15) is 23.0 Å². The van der Waals surface area contributed by atoms with Crippen molar-refractivity contribution in [3.05, 3.63) is 59.0 Å². The fourth-order valence-corrected chi connectivity index (χ4v) is 2.18. The number of guanidine groups is 1. The number of amides is 1. The third-order valence-corrected chi connectivity index (χ3v) is 3.53. The highest BCUT2D eigenvalue weighted by molar-refractivity contribution is 6.31. The summed E-state index contributed by atoms with van der Waals surface area (Å²) in [7, 11) is 0. The third kappa shape index (κ3) is 5.62. The van der Waals surface area contributed by atoms with Gasteiger partial charge in [-0.3, -0.25) is 4.79 Å². The molecule has 0 aliphatic rings. The Kier molecular flexibility index (Phi) is 7.17. The summed E-state index contributed by atoms with van der Waals surface area (Å²) in [5.74, 6) is 0.735. The molecule has 0 spiro atoms. The summed E-state index contributed by atoms with van der Waals surface area (Å²) in [4.78, 5) is 16.2. The minimum absolute atomic E-state index is 0.236. The van der Waals surface area contributed by atoms with Crippen LogP contribution >= 0.6 is 11.6 Å². The van der Waals surface area contributed by atoms with Gasteiger partial charge in [0.15, 0.2) is 11.7 Å². The second kappa shape index (κ2) is 9.62. The van der Waals surface area contributed by atoms with Gasteiger partial charge in [0.05, 0.1) is 12.8 Å². The molecule has 6 nitrogen and oxygen atoms in total. The molecule has 0 radical (unpaired) electrons. The molecule has 128 valence electrons. The summed E-state index contributed by atoms with van der Waals surface area (Å²) >= 11 is 6.13. The smallest absolute Gasteiger partial charge is 0.287 e. The van der Waals surface area contributed by atoms with E-state index >= 15 is 0 Å². The standard InChI is InChI=1S/C17H21ClN4O2/c1-2-19-17(22-12-13-6-3-4-7-14(13)18)21-10-9-20-16(23)15-8-5-11-24-15/h3-8,11H,2,9-10,12H2,1H3,(H,20,23)(H2,19,21,22). The van der Waals surface area contributed by atoms with E-state index < -0.39 is 0 Å². The van der Waals surface area contributed by atoms with E-state index in [-0.39, 0.29) is 5.91 Å². The normalized spacial score (nSPS) is 11.2. The van der Waals surface area contributed by atoms with E-state index in [4.69, 9.17) is 16.0 Å². The summed E-state index contributed by atoms with van der Waals surface area (Å²) < 4.78 is 5.03. The molecule has 0 saturated heterocycles. The number of hydrogen-bond acceptors (Lipinski definition) is 3. The van der Waals surface area contributed by atoms with Gasteiger partial charge in [-0.25, -0.2) is 4.99 Å². The van der Waals surface area contributed by atoms with Crippen LogP contribution in [0.3, 0.4) is 0 Å². The Hall–Kier alpha value is -2.47. The predicted octanol–water partition coefficient (Wildman–Crippen LogP) is 2.42. The first-order valence-corrected chi connectivity index (χ1v) is 8.15. The fraction of sp³-hybridized carbons (Fsp3) is 0.294. The second-order valence-corrected chi connectivity index (χ2v) is 5.35. The van der Waals surface area contributed by atoms with Gasteiger partial charge in [-0.15, -0.1) is 0 Å². The highest BCUT2D eigenvalue weighted by atomic mass is 35.5. The predicted molar refractivity (Wildman–Crippen MR) is 95.3 cm³/mol. The molecule has 3 N–H and O–H groups in total. The van der Waals surface area contributed by atoms with Crippen LogP contribution in [0.25, 0.3) is 0 Å². The Labute approximate surface area is 146 Å². The lowest BCUT2D eigenvalue weighted by Crippen LogP contribution is -2.41. The van der Waals surface area contributed by atoms with Crippen molar-refractivity contribution in [1.82, 2.24) is 16.0 Å². The van der Waals surface area contributed by atoms with Gasteiger partial charge in [-0.1, -0.05) is 29.8 Å². The van der Waals surface area contributed by atoms with Crippen LogP contribution in [0.15, 0.2) is 52.1 Å². The van der Waals surface area contributed by atoms with Gasteiger partial charge in [0.2, 0.25) is 0 Å². The number of carbonyl (C=O) groups excluding carboxylic acids is 1. The molecule has 0 saturated carbocycles. The van der Waals surface area contributed by atoms with Crippen LogP contribution in [0.4, 0.5) is 0 Å². The molecule has 0 atom stereocenters. The zero-order chi connectivity index (χ0) is 17.2. The number of nitrogens with zero attached hydrogens (tertiary/aromatic N) is 1. The van der Waals surface area contributed by atoms with Crippen LogP contribution in [0.2, 0.25) is 5.02 Å². The van der Waals surface area contributed by atoms with E-state index in [1.165, 1.54) is 6.26 Å². The molecule has 1 heterocycles. The molecule has 7 heteroatoms. The summed E-state index contributed by atoms with van der Waals surface area (Å²) in [5, 5.41) is 9.78. The van der Waals surface area contributed by atoms with Crippen LogP contribution < -0.4 is 16.0 Å². The average Bonchev–Trinajstić information content (AvgIpc) is 3.12. The maximum Gasteiger partial charge on any atom is 0.287 e. The van der Waals surface area contributed by atoms with Crippen molar-refractivity contribution < 1.29 is 9.21 Å². The number of furan rings is 1. The van der Waals surface area contributed by atoms with E-state index in [2.05, 4.69) is 20.9 Å². The summed E-state index contributed by atoms with van der Waals surface area (Å²) in [6.07, 6.45) is 1.47. The Balaban J connectivity index is 1.79. The molecule has 2 aromatic rings. The highest BCUT2D eigenvalue weighted by Gasteiger charge is 2.07.